The number of nitrogens with one attached hydrogen (secondary N) is 2. The minimum absolute atomic E-state index is 0.00259. The molecule has 0 aliphatic carbocycles. The molecule has 0 bridgehead atoms. The summed E-state index contributed by atoms with van der Waals surface area (Å²) in [6.07, 6.45) is 3.20. The van der Waals surface area contributed by atoms with E-state index in [2.05, 4.69) is 18.0 Å². The molecule has 0 fully saturated rings. The normalized spacial score (nSPS) is 16.6. The number of carbonyl (C=O) groups is 1. The van der Waals surface area contributed by atoms with Gasteiger partial charge < -0.3 is 15.6 Å². The van der Waals surface area contributed by atoms with Gasteiger partial charge in [0, 0.05) is 41.9 Å². The highest BCUT2D eigenvalue weighted by Gasteiger charge is 2.32. The van der Waals surface area contributed by atoms with Crippen molar-refractivity contribution in [1.29, 1.82) is 5.41 Å². The minimum atomic E-state index is -0.0816. The van der Waals surface area contributed by atoms with Crippen LogP contribution in [-0.2, 0) is 11.3 Å². The summed E-state index contributed by atoms with van der Waals surface area (Å²) in [4.78, 5) is 15.2. The SMILES string of the molecule is C=CC(=O)N1Cc2sc(Cl)cc2[C@H](c2ccccc2/C(=C/NC)C(C)=N)C1. The fourth-order valence-electron chi connectivity index (χ4n) is 3.53. The first-order chi connectivity index (χ1) is 13.0. The van der Waals surface area contributed by atoms with E-state index in [1.54, 1.807) is 6.92 Å². The van der Waals surface area contributed by atoms with Gasteiger partial charge in [0.05, 0.1) is 10.9 Å². The number of benzene rings is 1. The van der Waals surface area contributed by atoms with Crippen LogP contribution in [0.25, 0.3) is 5.57 Å². The fraction of sp³-hybridized carbons (Fsp3) is 0.238. The molecule has 0 spiro atoms. The van der Waals surface area contributed by atoms with Crippen molar-refractivity contribution in [2.45, 2.75) is 19.4 Å². The van der Waals surface area contributed by atoms with E-state index < -0.39 is 0 Å². The lowest BCUT2D eigenvalue weighted by Crippen LogP contribution is -2.37. The van der Waals surface area contributed by atoms with Crippen LogP contribution in [0.5, 0.6) is 0 Å². The Morgan fingerprint density at radius 3 is 2.81 bits per heavy atom. The maximum atomic E-state index is 12.3. The first-order valence-corrected chi connectivity index (χ1v) is 9.87. The first kappa shape index (κ1) is 19.4. The Balaban J connectivity index is 2.15. The molecule has 2 aromatic rings. The van der Waals surface area contributed by atoms with Crippen molar-refractivity contribution in [2.24, 2.45) is 0 Å². The number of nitrogens with zero attached hydrogens (tertiary/aromatic N) is 1. The topological polar surface area (TPSA) is 56.2 Å². The van der Waals surface area contributed by atoms with Crippen molar-refractivity contribution >= 4 is 40.1 Å². The molecule has 1 aliphatic heterocycles. The van der Waals surface area contributed by atoms with Crippen LogP contribution in [-0.4, -0.2) is 30.1 Å². The van der Waals surface area contributed by atoms with Crippen LogP contribution in [0.1, 0.15) is 34.4 Å². The third-order valence-electron chi connectivity index (χ3n) is 4.73. The molecule has 0 radical (unpaired) electrons. The number of carbonyl (C=O) groups excluding carboxylic acids is 1. The molecule has 6 heteroatoms. The van der Waals surface area contributed by atoms with Crippen molar-refractivity contribution in [2.75, 3.05) is 13.6 Å². The number of allylic oxidation sites excluding steroid dienone is 1. The molecule has 0 unspecified atom stereocenters. The number of rotatable bonds is 5. The van der Waals surface area contributed by atoms with Gasteiger partial charge in [-0.3, -0.25) is 4.79 Å². The Labute approximate surface area is 168 Å². The molecule has 27 heavy (non-hydrogen) atoms. The average molecular weight is 400 g/mol. The van der Waals surface area contributed by atoms with Crippen LogP contribution in [0.15, 0.2) is 49.2 Å². The second kappa shape index (κ2) is 8.11. The number of amides is 1. The second-order valence-electron chi connectivity index (χ2n) is 6.46. The van der Waals surface area contributed by atoms with E-state index >= 15 is 0 Å². The zero-order valence-corrected chi connectivity index (χ0v) is 17.0. The van der Waals surface area contributed by atoms with Gasteiger partial charge in [-0.05, 0) is 35.8 Å². The van der Waals surface area contributed by atoms with Gasteiger partial charge in [0.15, 0.2) is 0 Å². The maximum absolute atomic E-state index is 12.3. The molecule has 1 aromatic heterocycles. The number of fused-ring (bicyclic) bond motifs is 1. The van der Waals surface area contributed by atoms with Gasteiger partial charge in [0.25, 0.3) is 0 Å². The fourth-order valence-corrected chi connectivity index (χ4v) is 4.88. The summed E-state index contributed by atoms with van der Waals surface area (Å²) < 4.78 is 0.726. The average Bonchev–Trinajstić information content (AvgIpc) is 3.04. The van der Waals surface area contributed by atoms with Gasteiger partial charge in [-0.25, -0.2) is 0 Å². The number of hydrogen-bond acceptors (Lipinski definition) is 4. The van der Waals surface area contributed by atoms with E-state index in [0.29, 0.717) is 18.8 Å². The molecule has 1 aromatic carbocycles. The molecule has 3 rings (SSSR count). The van der Waals surface area contributed by atoms with Gasteiger partial charge in [0.1, 0.15) is 0 Å². The predicted molar refractivity (Wildman–Crippen MR) is 114 cm³/mol. The zero-order chi connectivity index (χ0) is 19.6. The highest BCUT2D eigenvalue weighted by Crippen LogP contribution is 2.42. The van der Waals surface area contributed by atoms with E-state index in [1.165, 1.54) is 17.4 Å². The van der Waals surface area contributed by atoms with Gasteiger partial charge in [0.2, 0.25) is 5.91 Å². The summed E-state index contributed by atoms with van der Waals surface area (Å²) in [5, 5.41) is 11.2. The smallest absolute Gasteiger partial charge is 0.246 e. The lowest BCUT2D eigenvalue weighted by atomic mass is 9.83. The molecule has 1 atom stereocenters. The summed E-state index contributed by atoms with van der Waals surface area (Å²) in [6, 6.07) is 10.1. The Bertz CT molecular complexity index is 931. The molecule has 4 nitrogen and oxygen atoms in total. The second-order valence-corrected chi connectivity index (χ2v) is 8.23. The number of thiophene rings is 1. The summed E-state index contributed by atoms with van der Waals surface area (Å²) in [5.74, 6) is -0.0842. The molecule has 0 saturated carbocycles. The van der Waals surface area contributed by atoms with Crippen LogP contribution in [0.3, 0.4) is 0 Å². The summed E-state index contributed by atoms with van der Waals surface area (Å²) in [5.41, 5.74) is 4.56. The predicted octanol–water partition coefficient (Wildman–Crippen LogP) is 4.66. The van der Waals surface area contributed by atoms with Gasteiger partial charge >= 0.3 is 0 Å². The van der Waals surface area contributed by atoms with Gasteiger partial charge in [-0.15, -0.1) is 11.3 Å². The van der Waals surface area contributed by atoms with E-state index in [1.807, 2.05) is 42.4 Å². The highest BCUT2D eigenvalue weighted by atomic mass is 35.5. The zero-order valence-electron chi connectivity index (χ0n) is 15.4. The molecule has 1 aliphatic rings. The van der Waals surface area contributed by atoms with Crippen molar-refractivity contribution in [3.63, 3.8) is 0 Å². The van der Waals surface area contributed by atoms with Crippen LogP contribution in [0.2, 0.25) is 4.34 Å². The number of hydrogen-bond donors (Lipinski definition) is 2. The Kier molecular flexibility index (Phi) is 5.82. The molecular formula is C21H22ClN3OS. The lowest BCUT2D eigenvalue weighted by Gasteiger charge is -2.33. The molecule has 2 N–H and O–H groups in total. The lowest BCUT2D eigenvalue weighted by molar-refractivity contribution is -0.127. The summed E-state index contributed by atoms with van der Waals surface area (Å²) >= 11 is 7.83. The molecule has 2 heterocycles. The molecule has 1 amide bonds. The van der Waals surface area contributed by atoms with E-state index in [0.717, 1.165) is 31.5 Å². The Morgan fingerprint density at radius 1 is 1.41 bits per heavy atom. The van der Waals surface area contributed by atoms with Crippen molar-refractivity contribution in [3.8, 4) is 0 Å². The van der Waals surface area contributed by atoms with Crippen LogP contribution < -0.4 is 5.32 Å². The van der Waals surface area contributed by atoms with E-state index in [-0.39, 0.29) is 11.8 Å². The molecular weight excluding hydrogens is 378 g/mol. The van der Waals surface area contributed by atoms with Gasteiger partial charge in [-0.1, -0.05) is 42.4 Å². The van der Waals surface area contributed by atoms with Crippen molar-refractivity contribution in [3.05, 3.63) is 75.1 Å². The van der Waals surface area contributed by atoms with Crippen molar-refractivity contribution < 1.29 is 4.79 Å². The van der Waals surface area contributed by atoms with E-state index in [9.17, 15) is 4.79 Å². The Hall–Kier alpha value is -2.37. The largest absolute Gasteiger partial charge is 0.393 e. The maximum Gasteiger partial charge on any atom is 0.246 e. The quantitative estimate of drug-likeness (QED) is 0.567. The minimum Gasteiger partial charge on any atom is -0.393 e. The summed E-state index contributed by atoms with van der Waals surface area (Å²) in [6.45, 7) is 6.52. The van der Waals surface area contributed by atoms with E-state index in [4.69, 9.17) is 17.0 Å². The highest BCUT2D eigenvalue weighted by molar-refractivity contribution is 7.16. The number of halogens is 1. The first-order valence-electron chi connectivity index (χ1n) is 8.68. The molecule has 140 valence electrons. The monoisotopic (exact) mass is 399 g/mol. The summed E-state index contributed by atoms with van der Waals surface area (Å²) in [7, 11) is 1.83. The van der Waals surface area contributed by atoms with Crippen LogP contribution in [0, 0.1) is 5.41 Å². The van der Waals surface area contributed by atoms with Crippen LogP contribution >= 0.6 is 22.9 Å². The Morgan fingerprint density at radius 2 is 2.15 bits per heavy atom. The van der Waals surface area contributed by atoms with Gasteiger partial charge in [-0.2, -0.15) is 0 Å². The standard InChI is InChI=1S/C21H22ClN3OS/c1-4-21(26)25-11-18(16-9-20(22)27-19(16)12-25)15-8-6-5-7-14(15)17(10-24-3)13(2)23/h4-10,18,23-24H,1,11-12H2,2-3H3/b17-10+,23-13?/t18-/m0/s1. The third-order valence-corrected chi connectivity index (χ3v) is 5.99. The third kappa shape index (κ3) is 3.84. The van der Waals surface area contributed by atoms with Crippen molar-refractivity contribution in [1.82, 2.24) is 10.2 Å². The van der Waals surface area contributed by atoms with Crippen LogP contribution in [0.4, 0.5) is 0 Å². The molecule has 0 saturated heterocycles.